The minimum absolute atomic E-state index is 0.180. The van der Waals surface area contributed by atoms with Crippen molar-refractivity contribution in [2.45, 2.75) is 13.8 Å². The molecule has 1 amide bonds. The second-order valence-corrected chi connectivity index (χ2v) is 4.29. The Balaban J connectivity index is 2.55. The Morgan fingerprint density at radius 2 is 2.28 bits per heavy atom. The van der Waals surface area contributed by atoms with Crippen LogP contribution in [0.1, 0.15) is 24.3 Å². The van der Waals surface area contributed by atoms with Crippen LogP contribution in [0.2, 0.25) is 0 Å². The second-order valence-electron chi connectivity index (χ2n) is 4.29. The molecule has 0 bridgehead atoms. The molecule has 0 saturated carbocycles. The number of nitrogens with zero attached hydrogens (tertiary/aromatic N) is 2. The number of ether oxygens (including phenoxy) is 1. The highest BCUT2D eigenvalue weighted by atomic mass is 16.5. The van der Waals surface area contributed by atoms with Crippen molar-refractivity contribution < 1.29 is 9.53 Å². The first-order valence-electron chi connectivity index (χ1n) is 5.97. The van der Waals surface area contributed by atoms with Gasteiger partial charge in [-0.2, -0.15) is 0 Å². The molecule has 6 heteroatoms. The highest BCUT2D eigenvalue weighted by Crippen LogP contribution is 2.00. The van der Waals surface area contributed by atoms with Crippen LogP contribution in [0.4, 0.5) is 5.95 Å². The lowest BCUT2D eigenvalue weighted by Crippen LogP contribution is -2.28. The van der Waals surface area contributed by atoms with E-state index in [9.17, 15) is 4.79 Å². The highest BCUT2D eigenvalue weighted by Gasteiger charge is 2.08. The molecular formula is C12H20N4O2. The molecular weight excluding hydrogens is 232 g/mol. The second kappa shape index (κ2) is 7.60. The molecule has 1 aromatic rings. The third-order valence-electron chi connectivity index (χ3n) is 2.15. The van der Waals surface area contributed by atoms with Crippen LogP contribution < -0.4 is 10.6 Å². The van der Waals surface area contributed by atoms with Gasteiger partial charge in [-0.15, -0.1) is 0 Å². The summed E-state index contributed by atoms with van der Waals surface area (Å²) in [5, 5.41) is 5.79. The summed E-state index contributed by atoms with van der Waals surface area (Å²) in [4.78, 5) is 19.9. The van der Waals surface area contributed by atoms with E-state index in [0.29, 0.717) is 37.3 Å². The molecule has 2 N–H and O–H groups in total. The number of anilines is 1. The van der Waals surface area contributed by atoms with Gasteiger partial charge in [0, 0.05) is 26.4 Å². The molecule has 0 aliphatic rings. The highest BCUT2D eigenvalue weighted by molar-refractivity contribution is 5.92. The fourth-order valence-corrected chi connectivity index (χ4v) is 1.22. The maximum Gasteiger partial charge on any atom is 0.270 e. The molecule has 0 atom stereocenters. The summed E-state index contributed by atoms with van der Waals surface area (Å²) in [7, 11) is 1.62. The minimum atomic E-state index is -0.180. The average molecular weight is 252 g/mol. The standard InChI is InChI=1S/C12H20N4O2/c1-9(2)8-15-11(17)10-4-5-13-12(16-10)14-6-7-18-3/h4-5,9H,6-8H2,1-3H3,(H,15,17)(H,13,14,16). The van der Waals surface area contributed by atoms with Gasteiger partial charge in [0.2, 0.25) is 5.95 Å². The van der Waals surface area contributed by atoms with Gasteiger partial charge in [0.1, 0.15) is 5.69 Å². The number of aromatic nitrogens is 2. The Bertz CT molecular complexity index is 382. The van der Waals surface area contributed by atoms with Gasteiger partial charge in [-0.3, -0.25) is 4.79 Å². The van der Waals surface area contributed by atoms with Crippen molar-refractivity contribution in [2.75, 3.05) is 32.1 Å². The number of carbonyl (C=O) groups is 1. The van der Waals surface area contributed by atoms with Crippen molar-refractivity contribution in [3.8, 4) is 0 Å². The zero-order valence-electron chi connectivity index (χ0n) is 11.1. The number of carbonyl (C=O) groups excluding carboxylic acids is 1. The van der Waals surface area contributed by atoms with Gasteiger partial charge in [-0.05, 0) is 12.0 Å². The summed E-state index contributed by atoms with van der Waals surface area (Å²) in [5.41, 5.74) is 0.366. The maximum absolute atomic E-state index is 11.8. The van der Waals surface area contributed by atoms with E-state index < -0.39 is 0 Å². The first kappa shape index (κ1) is 14.4. The zero-order chi connectivity index (χ0) is 13.4. The van der Waals surface area contributed by atoms with Crippen LogP contribution in [0.3, 0.4) is 0 Å². The normalized spacial score (nSPS) is 10.4. The molecule has 18 heavy (non-hydrogen) atoms. The topological polar surface area (TPSA) is 76.1 Å². The van der Waals surface area contributed by atoms with E-state index >= 15 is 0 Å². The Labute approximate surface area is 107 Å². The third-order valence-corrected chi connectivity index (χ3v) is 2.15. The fraction of sp³-hybridized carbons (Fsp3) is 0.583. The lowest BCUT2D eigenvalue weighted by molar-refractivity contribution is 0.0944. The molecule has 0 fully saturated rings. The average Bonchev–Trinajstić information content (AvgIpc) is 2.36. The summed E-state index contributed by atoms with van der Waals surface area (Å²) in [6.45, 7) is 5.88. The van der Waals surface area contributed by atoms with Gasteiger partial charge in [0.25, 0.3) is 5.91 Å². The third kappa shape index (κ3) is 5.09. The van der Waals surface area contributed by atoms with Gasteiger partial charge in [-0.1, -0.05) is 13.8 Å². The predicted molar refractivity (Wildman–Crippen MR) is 69.6 cm³/mol. The lowest BCUT2D eigenvalue weighted by atomic mass is 10.2. The molecule has 0 saturated heterocycles. The largest absolute Gasteiger partial charge is 0.383 e. The molecule has 6 nitrogen and oxygen atoms in total. The van der Waals surface area contributed by atoms with Crippen LogP contribution in [0, 0.1) is 5.92 Å². The number of nitrogens with one attached hydrogen (secondary N) is 2. The van der Waals surface area contributed by atoms with Crippen LogP contribution in [0.25, 0.3) is 0 Å². The monoisotopic (exact) mass is 252 g/mol. The summed E-state index contributed by atoms with van der Waals surface area (Å²) < 4.78 is 4.91. The van der Waals surface area contributed by atoms with Gasteiger partial charge >= 0.3 is 0 Å². The van der Waals surface area contributed by atoms with Crippen LogP contribution in [-0.2, 0) is 4.74 Å². The van der Waals surface area contributed by atoms with E-state index in [4.69, 9.17) is 4.74 Å². The van der Waals surface area contributed by atoms with E-state index in [1.54, 1.807) is 19.4 Å². The van der Waals surface area contributed by atoms with Crippen LogP contribution in [0.5, 0.6) is 0 Å². The molecule has 0 spiro atoms. The Morgan fingerprint density at radius 3 is 2.94 bits per heavy atom. The number of amides is 1. The number of hydrogen-bond donors (Lipinski definition) is 2. The van der Waals surface area contributed by atoms with E-state index in [0.717, 1.165) is 0 Å². The lowest BCUT2D eigenvalue weighted by Gasteiger charge is -2.08. The number of methoxy groups -OCH3 is 1. The summed E-state index contributed by atoms with van der Waals surface area (Å²) in [6, 6.07) is 1.59. The minimum Gasteiger partial charge on any atom is -0.383 e. The molecule has 0 unspecified atom stereocenters. The van der Waals surface area contributed by atoms with Crippen molar-refractivity contribution in [2.24, 2.45) is 5.92 Å². The first-order valence-corrected chi connectivity index (χ1v) is 5.97. The van der Waals surface area contributed by atoms with Crippen molar-refractivity contribution in [3.63, 3.8) is 0 Å². The van der Waals surface area contributed by atoms with Crippen LogP contribution >= 0.6 is 0 Å². The summed E-state index contributed by atoms with van der Waals surface area (Å²) >= 11 is 0. The van der Waals surface area contributed by atoms with Gasteiger partial charge in [-0.25, -0.2) is 9.97 Å². The smallest absolute Gasteiger partial charge is 0.270 e. The number of hydrogen-bond acceptors (Lipinski definition) is 5. The van der Waals surface area contributed by atoms with Gasteiger partial charge in [0.05, 0.1) is 6.61 Å². The van der Waals surface area contributed by atoms with Crippen molar-refractivity contribution >= 4 is 11.9 Å². The zero-order valence-corrected chi connectivity index (χ0v) is 11.1. The van der Waals surface area contributed by atoms with E-state index in [-0.39, 0.29) is 5.91 Å². The molecule has 1 aromatic heterocycles. The molecule has 0 radical (unpaired) electrons. The summed E-state index contributed by atoms with van der Waals surface area (Å²) in [5.74, 6) is 0.667. The van der Waals surface area contributed by atoms with Gasteiger partial charge in [0.15, 0.2) is 0 Å². The Kier molecular flexibility index (Phi) is 6.07. The van der Waals surface area contributed by atoms with E-state index in [2.05, 4.69) is 20.6 Å². The van der Waals surface area contributed by atoms with Gasteiger partial charge < -0.3 is 15.4 Å². The first-order chi connectivity index (χ1) is 8.63. The van der Waals surface area contributed by atoms with Crippen molar-refractivity contribution in [1.29, 1.82) is 0 Å². The maximum atomic E-state index is 11.8. The Hall–Kier alpha value is -1.69. The van der Waals surface area contributed by atoms with E-state index in [1.165, 1.54) is 0 Å². The summed E-state index contributed by atoms with van der Waals surface area (Å²) in [6.07, 6.45) is 1.56. The SMILES string of the molecule is COCCNc1nccc(C(=O)NCC(C)C)n1. The van der Waals surface area contributed by atoms with Crippen LogP contribution in [0.15, 0.2) is 12.3 Å². The molecule has 0 aromatic carbocycles. The molecule has 0 aliphatic carbocycles. The Morgan fingerprint density at radius 1 is 1.50 bits per heavy atom. The fourth-order valence-electron chi connectivity index (χ4n) is 1.22. The number of rotatable bonds is 7. The molecule has 100 valence electrons. The molecule has 0 aliphatic heterocycles. The van der Waals surface area contributed by atoms with Crippen LogP contribution in [-0.4, -0.2) is 42.7 Å². The predicted octanol–water partition coefficient (Wildman–Crippen LogP) is 0.921. The molecule has 1 heterocycles. The quantitative estimate of drug-likeness (QED) is 0.706. The van der Waals surface area contributed by atoms with Crippen molar-refractivity contribution in [1.82, 2.24) is 15.3 Å². The van der Waals surface area contributed by atoms with E-state index in [1.807, 2.05) is 13.8 Å². The van der Waals surface area contributed by atoms with Crippen molar-refractivity contribution in [3.05, 3.63) is 18.0 Å². The molecule has 1 rings (SSSR count).